The molecule has 2 aromatic carbocycles. The van der Waals surface area contributed by atoms with E-state index in [9.17, 15) is 29.4 Å². The number of hydrogen-bond donors (Lipinski definition) is 2. The van der Waals surface area contributed by atoms with Crippen molar-refractivity contribution in [1.29, 1.82) is 0 Å². The van der Waals surface area contributed by atoms with E-state index in [1.165, 1.54) is 19.2 Å². The average molecular weight is 408 g/mol. The molecule has 0 saturated carbocycles. The molecular formula is C21H12O9. The van der Waals surface area contributed by atoms with Crippen LogP contribution in [0.15, 0.2) is 60.9 Å². The lowest BCUT2D eigenvalue weighted by atomic mass is 9.95. The SMILES string of the molecule is COc1ccccc1-c1c(C(=O)O)c(=O)oc2c1ccc1oc(=O)c(C(=O)O)cc12. The number of ether oxygens (including phenoxy) is 1. The Kier molecular flexibility index (Phi) is 4.35. The molecule has 0 radical (unpaired) electrons. The fraction of sp³-hybridized carbons (Fsp3) is 0.0476. The maximum absolute atomic E-state index is 12.6. The van der Waals surface area contributed by atoms with Crippen molar-refractivity contribution in [3.8, 4) is 16.9 Å². The predicted molar refractivity (Wildman–Crippen MR) is 104 cm³/mol. The van der Waals surface area contributed by atoms with E-state index >= 15 is 0 Å². The fourth-order valence-electron chi connectivity index (χ4n) is 3.33. The lowest BCUT2D eigenvalue weighted by Gasteiger charge is -2.13. The van der Waals surface area contributed by atoms with Crippen LogP contribution in [0.2, 0.25) is 0 Å². The summed E-state index contributed by atoms with van der Waals surface area (Å²) < 4.78 is 15.6. The second kappa shape index (κ2) is 6.89. The first kappa shape index (κ1) is 18.9. The van der Waals surface area contributed by atoms with Gasteiger partial charge in [-0.05, 0) is 24.3 Å². The number of fused-ring (bicyclic) bond motifs is 3. The third kappa shape index (κ3) is 2.80. The lowest BCUT2D eigenvalue weighted by Crippen LogP contribution is -2.16. The Bertz CT molecular complexity index is 1470. The number of carboxylic acids is 2. The largest absolute Gasteiger partial charge is 0.496 e. The van der Waals surface area contributed by atoms with Crippen LogP contribution in [0.4, 0.5) is 0 Å². The van der Waals surface area contributed by atoms with Gasteiger partial charge in [0.15, 0.2) is 5.56 Å². The molecule has 0 bridgehead atoms. The number of carbonyl (C=O) groups is 2. The van der Waals surface area contributed by atoms with Gasteiger partial charge in [0.25, 0.3) is 0 Å². The van der Waals surface area contributed by atoms with Crippen molar-refractivity contribution >= 4 is 33.9 Å². The van der Waals surface area contributed by atoms with Crippen LogP contribution in [0, 0.1) is 0 Å². The van der Waals surface area contributed by atoms with E-state index in [4.69, 9.17) is 13.6 Å². The number of benzene rings is 2. The summed E-state index contributed by atoms with van der Waals surface area (Å²) in [6.07, 6.45) is 0. The van der Waals surface area contributed by atoms with Gasteiger partial charge >= 0.3 is 23.2 Å². The van der Waals surface area contributed by atoms with Gasteiger partial charge in [0.1, 0.15) is 22.5 Å². The topological polar surface area (TPSA) is 144 Å². The molecule has 2 N–H and O–H groups in total. The zero-order chi connectivity index (χ0) is 21.6. The molecule has 150 valence electrons. The van der Waals surface area contributed by atoms with E-state index in [2.05, 4.69) is 0 Å². The molecule has 9 heteroatoms. The molecule has 0 atom stereocenters. The van der Waals surface area contributed by atoms with Crippen molar-refractivity contribution < 1.29 is 33.4 Å². The van der Waals surface area contributed by atoms with Gasteiger partial charge in [0, 0.05) is 16.5 Å². The summed E-state index contributed by atoms with van der Waals surface area (Å²) in [7, 11) is 1.40. The van der Waals surface area contributed by atoms with Crippen LogP contribution in [-0.4, -0.2) is 29.3 Å². The van der Waals surface area contributed by atoms with Gasteiger partial charge in [-0.3, -0.25) is 0 Å². The minimum absolute atomic E-state index is 0.0188. The van der Waals surface area contributed by atoms with Crippen LogP contribution in [0.5, 0.6) is 5.75 Å². The van der Waals surface area contributed by atoms with Crippen molar-refractivity contribution in [3.05, 3.63) is 74.4 Å². The van der Waals surface area contributed by atoms with Crippen LogP contribution >= 0.6 is 0 Å². The van der Waals surface area contributed by atoms with E-state index in [0.29, 0.717) is 11.3 Å². The normalized spacial score (nSPS) is 11.0. The Hall–Kier alpha value is -4.40. The smallest absolute Gasteiger partial charge is 0.351 e. The first-order chi connectivity index (χ1) is 14.3. The molecule has 0 saturated heterocycles. The highest BCUT2D eigenvalue weighted by molar-refractivity contribution is 6.13. The third-order valence-electron chi connectivity index (χ3n) is 4.61. The monoisotopic (exact) mass is 408 g/mol. The Balaban J connectivity index is 2.26. The highest BCUT2D eigenvalue weighted by Crippen LogP contribution is 2.38. The van der Waals surface area contributed by atoms with Crippen molar-refractivity contribution in [1.82, 2.24) is 0 Å². The van der Waals surface area contributed by atoms with Crippen molar-refractivity contribution in [2.24, 2.45) is 0 Å². The lowest BCUT2D eigenvalue weighted by molar-refractivity contribution is 0.0682. The fourth-order valence-corrected chi connectivity index (χ4v) is 3.33. The summed E-state index contributed by atoms with van der Waals surface area (Å²) in [5.74, 6) is -2.70. The molecule has 0 aliphatic rings. The molecule has 9 nitrogen and oxygen atoms in total. The zero-order valence-corrected chi connectivity index (χ0v) is 15.3. The van der Waals surface area contributed by atoms with Crippen LogP contribution in [0.3, 0.4) is 0 Å². The van der Waals surface area contributed by atoms with Gasteiger partial charge in [0.05, 0.1) is 12.5 Å². The first-order valence-corrected chi connectivity index (χ1v) is 8.51. The van der Waals surface area contributed by atoms with Crippen LogP contribution in [0.25, 0.3) is 33.1 Å². The molecule has 4 aromatic rings. The third-order valence-corrected chi connectivity index (χ3v) is 4.61. The van der Waals surface area contributed by atoms with Gasteiger partial charge in [-0.2, -0.15) is 0 Å². The van der Waals surface area contributed by atoms with Gasteiger partial charge in [-0.1, -0.05) is 18.2 Å². The minimum atomic E-state index is -1.52. The molecule has 2 aromatic heterocycles. The predicted octanol–water partition coefficient (Wildman–Crippen LogP) is 2.97. The standard InChI is InChI=1S/C21H12O9/c1-28-13-5-3-2-4-9(13)15-10-6-7-14-11(8-12(18(22)23)20(26)29-14)17(10)30-21(27)16(15)19(24)25/h2-8H,1H3,(H,22,23)(H,24,25). The van der Waals surface area contributed by atoms with E-state index in [1.807, 2.05) is 0 Å². The molecule has 0 fully saturated rings. The summed E-state index contributed by atoms with van der Waals surface area (Å²) >= 11 is 0. The zero-order valence-electron chi connectivity index (χ0n) is 15.3. The second-order valence-corrected chi connectivity index (χ2v) is 6.25. The summed E-state index contributed by atoms with van der Waals surface area (Å²) in [6, 6.07) is 10.3. The summed E-state index contributed by atoms with van der Waals surface area (Å²) in [5.41, 5.74) is -3.25. The van der Waals surface area contributed by atoms with Gasteiger partial charge in [0.2, 0.25) is 0 Å². The second-order valence-electron chi connectivity index (χ2n) is 6.25. The molecule has 30 heavy (non-hydrogen) atoms. The number of aromatic carboxylic acids is 2. The number of methoxy groups -OCH3 is 1. The maximum Gasteiger partial charge on any atom is 0.351 e. The minimum Gasteiger partial charge on any atom is -0.496 e. The number of para-hydroxylation sites is 1. The number of hydrogen-bond acceptors (Lipinski definition) is 7. The van der Waals surface area contributed by atoms with E-state index in [-0.39, 0.29) is 27.5 Å². The molecule has 2 heterocycles. The molecule has 0 spiro atoms. The Morgan fingerprint density at radius 1 is 0.900 bits per heavy atom. The molecule has 4 rings (SSSR count). The summed E-state index contributed by atoms with van der Waals surface area (Å²) in [6.45, 7) is 0. The van der Waals surface area contributed by atoms with E-state index < -0.39 is 34.3 Å². The first-order valence-electron chi connectivity index (χ1n) is 8.51. The van der Waals surface area contributed by atoms with Crippen molar-refractivity contribution in [2.45, 2.75) is 0 Å². The van der Waals surface area contributed by atoms with Crippen LogP contribution < -0.4 is 16.0 Å². The van der Waals surface area contributed by atoms with Gasteiger partial charge < -0.3 is 23.8 Å². The summed E-state index contributed by atoms with van der Waals surface area (Å²) in [4.78, 5) is 47.7. The quantitative estimate of drug-likeness (QED) is 0.384. The Labute approximate surface area is 166 Å². The van der Waals surface area contributed by atoms with Gasteiger partial charge in [-0.25, -0.2) is 19.2 Å². The highest BCUT2D eigenvalue weighted by atomic mass is 16.5. The molecular weight excluding hydrogens is 396 g/mol. The van der Waals surface area contributed by atoms with Crippen molar-refractivity contribution in [3.63, 3.8) is 0 Å². The van der Waals surface area contributed by atoms with E-state index in [0.717, 1.165) is 6.07 Å². The average Bonchev–Trinajstić information content (AvgIpc) is 2.71. The molecule has 0 aliphatic heterocycles. The molecule has 0 amide bonds. The Morgan fingerprint density at radius 2 is 1.63 bits per heavy atom. The summed E-state index contributed by atoms with van der Waals surface area (Å²) in [5, 5.41) is 19.1. The molecule has 0 unspecified atom stereocenters. The number of carboxylic acid groups (broad SMARTS) is 2. The van der Waals surface area contributed by atoms with Crippen LogP contribution in [0.1, 0.15) is 20.7 Å². The highest BCUT2D eigenvalue weighted by Gasteiger charge is 2.25. The van der Waals surface area contributed by atoms with Gasteiger partial charge in [-0.15, -0.1) is 0 Å². The Morgan fingerprint density at radius 3 is 2.30 bits per heavy atom. The maximum atomic E-state index is 12.6. The van der Waals surface area contributed by atoms with Crippen LogP contribution in [-0.2, 0) is 0 Å². The molecule has 0 aliphatic carbocycles. The van der Waals surface area contributed by atoms with Crippen molar-refractivity contribution in [2.75, 3.05) is 7.11 Å². The van der Waals surface area contributed by atoms with E-state index in [1.54, 1.807) is 24.3 Å². The number of rotatable bonds is 4.